The van der Waals surface area contributed by atoms with Crippen molar-refractivity contribution in [3.63, 3.8) is 0 Å². The average Bonchev–Trinajstić information content (AvgIpc) is 2.53. The molecule has 0 aliphatic heterocycles. The van der Waals surface area contributed by atoms with Gasteiger partial charge in [-0.2, -0.15) is 0 Å². The molecule has 1 aromatic carbocycles. The number of rotatable bonds is 1. The van der Waals surface area contributed by atoms with Crippen LogP contribution >= 0.6 is 27.5 Å². The number of benzene rings is 1. The van der Waals surface area contributed by atoms with E-state index in [1.54, 1.807) is 12.5 Å². The number of H-pyrrole nitrogens is 1. The third-order valence-electron chi connectivity index (χ3n) is 1.67. The molecule has 0 radical (unpaired) electrons. The molecule has 0 saturated carbocycles. The smallest absolute Gasteiger partial charge is 0.0924 e. The first-order valence-electron chi connectivity index (χ1n) is 3.70. The first-order chi connectivity index (χ1) is 6.25. The van der Waals surface area contributed by atoms with Crippen LogP contribution in [-0.4, -0.2) is 9.97 Å². The molecular weight excluding hydrogens is 251 g/mol. The summed E-state index contributed by atoms with van der Waals surface area (Å²) in [7, 11) is 0. The van der Waals surface area contributed by atoms with E-state index in [-0.39, 0.29) is 0 Å². The molecule has 0 aliphatic carbocycles. The fourth-order valence-electron chi connectivity index (χ4n) is 1.12. The Kier molecular flexibility index (Phi) is 2.38. The van der Waals surface area contributed by atoms with Gasteiger partial charge in [0.1, 0.15) is 0 Å². The van der Waals surface area contributed by atoms with Gasteiger partial charge in [0, 0.05) is 15.1 Å². The highest BCUT2D eigenvalue weighted by Gasteiger charge is 2.01. The third kappa shape index (κ3) is 1.92. The van der Waals surface area contributed by atoms with Gasteiger partial charge in [0.15, 0.2) is 0 Å². The zero-order chi connectivity index (χ0) is 9.26. The lowest BCUT2D eigenvalue weighted by atomic mass is 10.2. The summed E-state index contributed by atoms with van der Waals surface area (Å²) in [5, 5.41) is 0.707. The minimum atomic E-state index is 0.707. The number of hydrogen-bond acceptors (Lipinski definition) is 1. The van der Waals surface area contributed by atoms with Crippen LogP contribution in [0.4, 0.5) is 0 Å². The second-order valence-electron chi connectivity index (χ2n) is 2.62. The average molecular weight is 258 g/mol. The molecular formula is C9H6BrClN2. The second kappa shape index (κ2) is 3.52. The topological polar surface area (TPSA) is 28.7 Å². The largest absolute Gasteiger partial charge is 0.345 e. The van der Waals surface area contributed by atoms with Gasteiger partial charge in [0.25, 0.3) is 0 Å². The van der Waals surface area contributed by atoms with E-state index in [9.17, 15) is 0 Å². The Bertz CT molecular complexity index is 391. The van der Waals surface area contributed by atoms with Crippen LogP contribution in [0.2, 0.25) is 5.02 Å². The van der Waals surface area contributed by atoms with Crippen molar-refractivity contribution in [2.75, 3.05) is 0 Å². The maximum atomic E-state index is 5.90. The van der Waals surface area contributed by atoms with Crippen LogP contribution in [0.1, 0.15) is 0 Å². The number of halogens is 2. The van der Waals surface area contributed by atoms with E-state index in [0.29, 0.717) is 5.02 Å². The van der Waals surface area contributed by atoms with E-state index in [2.05, 4.69) is 25.9 Å². The van der Waals surface area contributed by atoms with Gasteiger partial charge in [0.2, 0.25) is 0 Å². The van der Waals surface area contributed by atoms with E-state index in [0.717, 1.165) is 15.7 Å². The van der Waals surface area contributed by atoms with E-state index in [1.165, 1.54) is 0 Å². The highest BCUT2D eigenvalue weighted by molar-refractivity contribution is 9.10. The molecule has 1 heterocycles. The summed E-state index contributed by atoms with van der Waals surface area (Å²) < 4.78 is 0.963. The van der Waals surface area contributed by atoms with Gasteiger partial charge < -0.3 is 4.98 Å². The highest BCUT2D eigenvalue weighted by Crippen LogP contribution is 2.25. The first kappa shape index (κ1) is 8.78. The Morgan fingerprint density at radius 2 is 2.15 bits per heavy atom. The van der Waals surface area contributed by atoms with Gasteiger partial charge in [-0.25, -0.2) is 4.98 Å². The highest BCUT2D eigenvalue weighted by atomic mass is 79.9. The second-order valence-corrected chi connectivity index (χ2v) is 3.98. The number of aromatic nitrogens is 2. The lowest BCUT2D eigenvalue weighted by molar-refractivity contribution is 1.31. The van der Waals surface area contributed by atoms with Crippen molar-refractivity contribution < 1.29 is 0 Å². The lowest BCUT2D eigenvalue weighted by Crippen LogP contribution is -1.77. The fraction of sp³-hybridized carbons (Fsp3) is 0. The maximum absolute atomic E-state index is 5.90. The molecule has 1 N–H and O–H groups in total. The van der Waals surface area contributed by atoms with Gasteiger partial charge in [-0.1, -0.05) is 27.5 Å². The summed E-state index contributed by atoms with van der Waals surface area (Å²) in [6.07, 6.45) is 3.41. The molecule has 0 unspecified atom stereocenters. The molecule has 2 nitrogen and oxygen atoms in total. The molecule has 2 rings (SSSR count). The van der Waals surface area contributed by atoms with Crippen molar-refractivity contribution in [2.24, 2.45) is 0 Å². The van der Waals surface area contributed by atoms with Crippen molar-refractivity contribution >= 4 is 27.5 Å². The predicted octanol–water partition coefficient (Wildman–Crippen LogP) is 3.49. The van der Waals surface area contributed by atoms with Gasteiger partial charge in [-0.15, -0.1) is 0 Å². The van der Waals surface area contributed by atoms with Crippen LogP contribution in [0.3, 0.4) is 0 Å². The van der Waals surface area contributed by atoms with E-state index < -0.39 is 0 Å². The molecule has 66 valence electrons. The molecule has 1 aromatic heterocycles. The third-order valence-corrected chi connectivity index (χ3v) is 2.35. The zero-order valence-corrected chi connectivity index (χ0v) is 8.93. The minimum Gasteiger partial charge on any atom is -0.345 e. The molecule has 2 aromatic rings. The van der Waals surface area contributed by atoms with Crippen molar-refractivity contribution in [1.29, 1.82) is 0 Å². The molecule has 13 heavy (non-hydrogen) atoms. The van der Waals surface area contributed by atoms with Gasteiger partial charge in [0.05, 0.1) is 18.2 Å². The van der Waals surface area contributed by atoms with E-state index in [4.69, 9.17) is 11.6 Å². The standard InChI is InChI=1S/C9H6BrClN2/c10-7-1-6(2-8(11)3-7)9-4-12-5-13-9/h1-5H,(H,12,13). The van der Waals surface area contributed by atoms with Crippen molar-refractivity contribution in [3.8, 4) is 11.3 Å². The summed E-state index contributed by atoms with van der Waals surface area (Å²) in [4.78, 5) is 6.96. The van der Waals surface area contributed by atoms with Gasteiger partial charge >= 0.3 is 0 Å². The first-order valence-corrected chi connectivity index (χ1v) is 4.87. The Morgan fingerprint density at radius 3 is 2.77 bits per heavy atom. The van der Waals surface area contributed by atoms with E-state index in [1.807, 2.05) is 18.2 Å². The molecule has 0 bridgehead atoms. The SMILES string of the molecule is Clc1cc(Br)cc(-c2cnc[nH]2)c1. The maximum Gasteiger partial charge on any atom is 0.0924 e. The molecule has 0 saturated heterocycles. The molecule has 0 aliphatic rings. The summed E-state index contributed by atoms with van der Waals surface area (Å²) in [5.74, 6) is 0. The monoisotopic (exact) mass is 256 g/mol. The number of aromatic amines is 1. The van der Waals surface area contributed by atoms with Crippen LogP contribution in [0.5, 0.6) is 0 Å². The normalized spacial score (nSPS) is 10.3. The van der Waals surface area contributed by atoms with Crippen LogP contribution in [0.25, 0.3) is 11.3 Å². The van der Waals surface area contributed by atoms with Crippen molar-refractivity contribution in [3.05, 3.63) is 40.2 Å². The van der Waals surface area contributed by atoms with Gasteiger partial charge in [-0.05, 0) is 18.2 Å². The summed E-state index contributed by atoms with van der Waals surface area (Å²) in [6, 6.07) is 5.72. The Balaban J connectivity index is 2.53. The number of nitrogens with zero attached hydrogens (tertiary/aromatic N) is 1. The fourth-order valence-corrected chi connectivity index (χ4v) is 1.98. The quantitative estimate of drug-likeness (QED) is 0.832. The number of imidazole rings is 1. The molecule has 0 spiro atoms. The Hall–Kier alpha value is -0.800. The summed E-state index contributed by atoms with van der Waals surface area (Å²) >= 11 is 9.28. The van der Waals surface area contributed by atoms with Crippen LogP contribution < -0.4 is 0 Å². The van der Waals surface area contributed by atoms with Crippen molar-refractivity contribution in [1.82, 2.24) is 9.97 Å². The Labute approximate surface area is 89.1 Å². The summed E-state index contributed by atoms with van der Waals surface area (Å²) in [5.41, 5.74) is 1.99. The number of hydrogen-bond donors (Lipinski definition) is 1. The predicted molar refractivity (Wildman–Crippen MR) is 56.7 cm³/mol. The summed E-state index contributed by atoms with van der Waals surface area (Å²) in [6.45, 7) is 0. The Morgan fingerprint density at radius 1 is 1.31 bits per heavy atom. The van der Waals surface area contributed by atoms with Gasteiger partial charge in [-0.3, -0.25) is 0 Å². The zero-order valence-electron chi connectivity index (χ0n) is 6.59. The van der Waals surface area contributed by atoms with Crippen LogP contribution in [-0.2, 0) is 0 Å². The molecule has 0 fully saturated rings. The lowest BCUT2D eigenvalue weighted by Gasteiger charge is -1.99. The van der Waals surface area contributed by atoms with Crippen molar-refractivity contribution in [2.45, 2.75) is 0 Å². The number of nitrogens with one attached hydrogen (secondary N) is 1. The van der Waals surface area contributed by atoms with Crippen LogP contribution in [0.15, 0.2) is 35.2 Å². The molecule has 0 amide bonds. The van der Waals surface area contributed by atoms with Crippen LogP contribution in [0, 0.1) is 0 Å². The molecule has 0 atom stereocenters. The minimum absolute atomic E-state index is 0.707. The molecule has 4 heteroatoms. The van der Waals surface area contributed by atoms with E-state index >= 15 is 0 Å².